The highest BCUT2D eigenvalue weighted by atomic mass is 16.1. The normalized spacial score (nSPS) is 10.8. The van der Waals surface area contributed by atoms with E-state index in [1.54, 1.807) is 10.9 Å². The lowest BCUT2D eigenvalue weighted by atomic mass is 10.1. The average molecular weight is 250 g/mol. The zero-order valence-electron chi connectivity index (χ0n) is 11.8. The van der Waals surface area contributed by atoms with E-state index in [2.05, 4.69) is 12.0 Å². The standard InChI is InChI=1S/C15H26N2O/c1-3-5-6-7-8-9-10-11-15(18)14-12-13-16-17(14)4-2/h12-13H,3-11H2,1-2H3. The number of ketones is 1. The third-order valence-corrected chi connectivity index (χ3v) is 3.31. The molecule has 0 radical (unpaired) electrons. The number of aryl methyl sites for hydroxylation is 1. The molecule has 1 rings (SSSR count). The Labute approximate surface area is 111 Å². The van der Waals surface area contributed by atoms with Crippen LogP contribution in [0.3, 0.4) is 0 Å². The molecule has 1 aromatic heterocycles. The average Bonchev–Trinajstić information content (AvgIpc) is 2.85. The van der Waals surface area contributed by atoms with Gasteiger partial charge in [-0.3, -0.25) is 9.48 Å². The predicted molar refractivity (Wildman–Crippen MR) is 74.8 cm³/mol. The smallest absolute Gasteiger partial charge is 0.180 e. The zero-order valence-corrected chi connectivity index (χ0v) is 11.8. The lowest BCUT2D eigenvalue weighted by Crippen LogP contribution is -2.09. The Balaban J connectivity index is 2.14. The van der Waals surface area contributed by atoms with Crippen LogP contribution in [0.2, 0.25) is 0 Å². The van der Waals surface area contributed by atoms with Crippen molar-refractivity contribution >= 4 is 5.78 Å². The van der Waals surface area contributed by atoms with E-state index >= 15 is 0 Å². The molecule has 0 aliphatic heterocycles. The third-order valence-electron chi connectivity index (χ3n) is 3.31. The maximum Gasteiger partial charge on any atom is 0.180 e. The minimum atomic E-state index is 0.239. The number of aromatic nitrogens is 2. The predicted octanol–water partition coefficient (Wildman–Crippen LogP) is 4.23. The number of unbranched alkanes of at least 4 members (excludes halogenated alkanes) is 6. The number of hydrogen-bond donors (Lipinski definition) is 0. The van der Waals surface area contributed by atoms with Crippen molar-refractivity contribution in [2.45, 2.75) is 71.8 Å². The second-order valence-corrected chi connectivity index (χ2v) is 4.83. The Bertz CT molecular complexity index is 344. The quantitative estimate of drug-likeness (QED) is 0.460. The van der Waals surface area contributed by atoms with Crippen molar-refractivity contribution in [2.75, 3.05) is 0 Å². The van der Waals surface area contributed by atoms with E-state index in [9.17, 15) is 4.79 Å². The molecule has 3 heteroatoms. The first-order valence-corrected chi connectivity index (χ1v) is 7.34. The first kappa shape index (κ1) is 14.9. The fourth-order valence-corrected chi connectivity index (χ4v) is 2.19. The van der Waals surface area contributed by atoms with Gasteiger partial charge in [0.15, 0.2) is 5.78 Å². The number of nitrogens with zero attached hydrogens (tertiary/aromatic N) is 2. The van der Waals surface area contributed by atoms with Gasteiger partial charge in [0, 0.05) is 19.2 Å². The molecule has 102 valence electrons. The molecule has 0 atom stereocenters. The first-order chi connectivity index (χ1) is 8.79. The van der Waals surface area contributed by atoms with Crippen LogP contribution < -0.4 is 0 Å². The Morgan fingerprint density at radius 2 is 1.78 bits per heavy atom. The van der Waals surface area contributed by atoms with E-state index in [1.165, 1.54) is 38.5 Å². The largest absolute Gasteiger partial charge is 0.292 e. The molecule has 0 N–H and O–H groups in total. The Morgan fingerprint density at radius 3 is 2.44 bits per heavy atom. The number of carbonyl (C=O) groups is 1. The zero-order chi connectivity index (χ0) is 13.2. The summed E-state index contributed by atoms with van der Waals surface area (Å²) in [7, 11) is 0. The third kappa shape index (κ3) is 5.03. The summed E-state index contributed by atoms with van der Waals surface area (Å²) in [5.74, 6) is 0.239. The summed E-state index contributed by atoms with van der Waals surface area (Å²) in [5.41, 5.74) is 0.767. The molecule has 0 saturated carbocycles. The molecule has 0 aliphatic rings. The van der Waals surface area contributed by atoms with Gasteiger partial charge in [-0.1, -0.05) is 45.4 Å². The van der Waals surface area contributed by atoms with Crippen LogP contribution in [0.25, 0.3) is 0 Å². The second-order valence-electron chi connectivity index (χ2n) is 4.83. The Morgan fingerprint density at radius 1 is 1.11 bits per heavy atom. The fraction of sp³-hybridized carbons (Fsp3) is 0.733. The maximum atomic E-state index is 12.0. The summed E-state index contributed by atoms with van der Waals surface area (Å²) in [5, 5.41) is 4.13. The SMILES string of the molecule is CCCCCCCCCC(=O)c1ccnn1CC. The van der Waals surface area contributed by atoms with Crippen LogP contribution in [0.4, 0.5) is 0 Å². The van der Waals surface area contributed by atoms with Crippen LogP contribution in [0.15, 0.2) is 12.3 Å². The molecule has 0 amide bonds. The number of carbonyl (C=O) groups excluding carboxylic acids is 1. The van der Waals surface area contributed by atoms with Crippen LogP contribution in [-0.2, 0) is 6.54 Å². The summed E-state index contributed by atoms with van der Waals surface area (Å²) >= 11 is 0. The molecule has 0 bridgehead atoms. The van der Waals surface area contributed by atoms with Crippen LogP contribution in [0.1, 0.15) is 75.7 Å². The van der Waals surface area contributed by atoms with Crippen LogP contribution in [0, 0.1) is 0 Å². The van der Waals surface area contributed by atoms with E-state index in [-0.39, 0.29) is 5.78 Å². The summed E-state index contributed by atoms with van der Waals surface area (Å²) < 4.78 is 1.78. The van der Waals surface area contributed by atoms with Gasteiger partial charge in [-0.25, -0.2) is 0 Å². The molecule has 1 heterocycles. The molecular weight excluding hydrogens is 224 g/mol. The van der Waals surface area contributed by atoms with Crippen molar-refractivity contribution in [3.8, 4) is 0 Å². The van der Waals surface area contributed by atoms with Gasteiger partial charge < -0.3 is 0 Å². The van der Waals surface area contributed by atoms with Crippen molar-refractivity contribution < 1.29 is 4.79 Å². The van der Waals surface area contributed by atoms with Gasteiger partial charge in [0.2, 0.25) is 0 Å². The van der Waals surface area contributed by atoms with Gasteiger partial charge in [0.05, 0.1) is 0 Å². The Kier molecular flexibility index (Phi) is 7.38. The molecular formula is C15H26N2O. The summed E-state index contributed by atoms with van der Waals surface area (Å²) in [6, 6.07) is 1.83. The summed E-state index contributed by atoms with van der Waals surface area (Å²) in [4.78, 5) is 12.0. The molecule has 0 aliphatic carbocycles. The lowest BCUT2D eigenvalue weighted by molar-refractivity contribution is 0.0968. The molecule has 0 fully saturated rings. The van der Waals surface area contributed by atoms with Crippen LogP contribution in [-0.4, -0.2) is 15.6 Å². The Hall–Kier alpha value is -1.12. The van der Waals surface area contributed by atoms with Gasteiger partial charge >= 0.3 is 0 Å². The van der Waals surface area contributed by atoms with Gasteiger partial charge in [0.1, 0.15) is 5.69 Å². The number of hydrogen-bond acceptors (Lipinski definition) is 2. The molecule has 0 aromatic carbocycles. The van der Waals surface area contributed by atoms with Gasteiger partial charge in [-0.15, -0.1) is 0 Å². The second kappa shape index (κ2) is 8.90. The highest BCUT2D eigenvalue weighted by Crippen LogP contribution is 2.11. The van der Waals surface area contributed by atoms with E-state index in [0.29, 0.717) is 6.42 Å². The van der Waals surface area contributed by atoms with Crippen LogP contribution >= 0.6 is 0 Å². The molecule has 0 unspecified atom stereocenters. The highest BCUT2D eigenvalue weighted by molar-refractivity contribution is 5.94. The van der Waals surface area contributed by atoms with Crippen molar-refractivity contribution in [2.24, 2.45) is 0 Å². The van der Waals surface area contributed by atoms with E-state index in [1.807, 2.05) is 13.0 Å². The minimum absolute atomic E-state index is 0.239. The monoisotopic (exact) mass is 250 g/mol. The highest BCUT2D eigenvalue weighted by Gasteiger charge is 2.10. The van der Waals surface area contributed by atoms with Gasteiger partial charge in [-0.2, -0.15) is 5.10 Å². The molecule has 0 spiro atoms. The van der Waals surface area contributed by atoms with Crippen molar-refractivity contribution in [3.05, 3.63) is 18.0 Å². The van der Waals surface area contributed by atoms with Gasteiger partial charge in [0.25, 0.3) is 0 Å². The topological polar surface area (TPSA) is 34.9 Å². The van der Waals surface area contributed by atoms with Crippen LogP contribution in [0.5, 0.6) is 0 Å². The van der Waals surface area contributed by atoms with E-state index in [4.69, 9.17) is 0 Å². The van der Waals surface area contributed by atoms with Gasteiger partial charge in [-0.05, 0) is 19.4 Å². The lowest BCUT2D eigenvalue weighted by Gasteiger charge is -2.04. The maximum absolute atomic E-state index is 12.0. The molecule has 18 heavy (non-hydrogen) atoms. The minimum Gasteiger partial charge on any atom is -0.292 e. The first-order valence-electron chi connectivity index (χ1n) is 7.34. The molecule has 1 aromatic rings. The number of Topliss-reactive ketones (excluding diaryl/α,β-unsaturated/α-hetero) is 1. The van der Waals surface area contributed by atoms with E-state index < -0.39 is 0 Å². The van der Waals surface area contributed by atoms with E-state index in [0.717, 1.165) is 18.7 Å². The van der Waals surface area contributed by atoms with Crippen molar-refractivity contribution in [1.82, 2.24) is 9.78 Å². The molecule has 3 nitrogen and oxygen atoms in total. The summed E-state index contributed by atoms with van der Waals surface area (Å²) in [6.45, 7) is 5.01. The summed E-state index contributed by atoms with van der Waals surface area (Å²) in [6.07, 6.45) is 11.1. The number of rotatable bonds is 10. The van der Waals surface area contributed by atoms with Crippen molar-refractivity contribution in [1.29, 1.82) is 0 Å². The fourth-order valence-electron chi connectivity index (χ4n) is 2.19. The van der Waals surface area contributed by atoms with Crippen molar-refractivity contribution in [3.63, 3.8) is 0 Å². The molecule has 0 saturated heterocycles.